The molecule has 0 bridgehead atoms. The van der Waals surface area contributed by atoms with Gasteiger partial charge in [-0.25, -0.2) is 0 Å². The molecule has 0 fully saturated rings. The van der Waals surface area contributed by atoms with Gasteiger partial charge in [0.1, 0.15) is 0 Å². The van der Waals surface area contributed by atoms with E-state index in [0.29, 0.717) is 0 Å². The molecule has 242 valence electrons. The van der Waals surface area contributed by atoms with Crippen LogP contribution in [0.4, 0.5) is 5.69 Å². The van der Waals surface area contributed by atoms with Gasteiger partial charge in [-0.1, -0.05) is 141 Å². The van der Waals surface area contributed by atoms with Gasteiger partial charge in [-0.2, -0.15) is 0 Å². The molecule has 0 unspecified atom stereocenters. The van der Waals surface area contributed by atoms with E-state index in [2.05, 4.69) is 176 Å². The Labute approximate surface area is 295 Å². The van der Waals surface area contributed by atoms with Crippen LogP contribution in [-0.4, -0.2) is 4.57 Å². The maximum atomic E-state index is 4.10. The summed E-state index contributed by atoms with van der Waals surface area (Å²) in [7, 11) is 0. The third-order valence-corrected chi connectivity index (χ3v) is 9.19. The molecule has 1 N–H and O–H groups in total. The molecule has 7 rings (SSSR count). The smallest absolute Gasteiger partial charge is 0.0541 e. The zero-order chi connectivity index (χ0) is 34.5. The predicted molar refractivity (Wildman–Crippen MR) is 218 cm³/mol. The number of hydrogen-bond donors (Lipinski definition) is 1. The summed E-state index contributed by atoms with van der Waals surface area (Å²) in [6, 6.07) is 49.8. The highest BCUT2D eigenvalue weighted by Crippen LogP contribution is 2.36. The lowest BCUT2D eigenvalue weighted by Crippen LogP contribution is -2.01. The van der Waals surface area contributed by atoms with E-state index in [9.17, 15) is 0 Å². The molecule has 0 aliphatic heterocycles. The summed E-state index contributed by atoms with van der Waals surface area (Å²) in [5.41, 5.74) is 12.3. The molecular weight excluding hydrogens is 605 g/mol. The van der Waals surface area contributed by atoms with Crippen LogP contribution in [0.3, 0.4) is 0 Å². The molecule has 1 aromatic heterocycles. The van der Waals surface area contributed by atoms with Crippen molar-refractivity contribution < 1.29 is 0 Å². The highest BCUT2D eigenvalue weighted by Gasteiger charge is 2.14. The first kappa shape index (κ1) is 32.2. The average molecular weight is 645 g/mol. The number of nitrogens with one attached hydrogen (secondary N) is 1. The number of allylic oxidation sites excluding steroid dienone is 9. The van der Waals surface area contributed by atoms with E-state index in [1.807, 2.05) is 37.3 Å². The maximum absolute atomic E-state index is 4.10. The highest BCUT2D eigenvalue weighted by molar-refractivity contribution is 6.10. The molecule has 0 saturated heterocycles. The number of aromatic nitrogens is 1. The summed E-state index contributed by atoms with van der Waals surface area (Å²) in [6.07, 6.45) is 12.2. The number of para-hydroxylation sites is 2. The Kier molecular flexibility index (Phi) is 9.26. The van der Waals surface area contributed by atoms with Crippen molar-refractivity contribution in [1.29, 1.82) is 0 Å². The van der Waals surface area contributed by atoms with Crippen LogP contribution in [0.1, 0.15) is 19.4 Å². The zero-order valence-corrected chi connectivity index (χ0v) is 28.6. The number of benzene rings is 6. The minimum Gasteiger partial charge on any atom is -0.355 e. The van der Waals surface area contributed by atoms with Crippen molar-refractivity contribution in [2.45, 2.75) is 13.8 Å². The molecule has 50 heavy (non-hydrogen) atoms. The van der Waals surface area contributed by atoms with E-state index in [1.165, 1.54) is 49.4 Å². The summed E-state index contributed by atoms with van der Waals surface area (Å²) in [5.74, 6) is 0. The van der Waals surface area contributed by atoms with Crippen molar-refractivity contribution in [2.75, 3.05) is 5.32 Å². The summed E-state index contributed by atoms with van der Waals surface area (Å²) < 4.78 is 2.38. The van der Waals surface area contributed by atoms with Crippen LogP contribution in [0.5, 0.6) is 0 Å². The van der Waals surface area contributed by atoms with Crippen LogP contribution in [-0.2, 0) is 0 Å². The fraction of sp³-hybridized carbons (Fsp3) is 0.0417. The summed E-state index contributed by atoms with van der Waals surface area (Å²) in [5, 5.41) is 8.51. The van der Waals surface area contributed by atoms with Gasteiger partial charge in [0, 0.05) is 33.4 Å². The van der Waals surface area contributed by atoms with Gasteiger partial charge in [-0.15, -0.1) is 0 Å². The van der Waals surface area contributed by atoms with Crippen molar-refractivity contribution in [3.8, 4) is 16.8 Å². The minimum absolute atomic E-state index is 0.953. The summed E-state index contributed by atoms with van der Waals surface area (Å²) >= 11 is 0. The van der Waals surface area contributed by atoms with Crippen molar-refractivity contribution in [1.82, 2.24) is 4.57 Å². The van der Waals surface area contributed by atoms with Gasteiger partial charge in [-0.3, -0.25) is 0 Å². The summed E-state index contributed by atoms with van der Waals surface area (Å²) in [4.78, 5) is 0. The standard InChI is InChI=1S/C48H40N2/c1-5-15-38(31-34(4)43(16-6-2)46(7-3)49-41-19-9-8-10-20-41)36-23-25-37(26-24-36)40-28-30-48-45(33-40)44-21-13-14-22-47(44)50(48)42-29-27-35-17-11-12-18-39(35)32-42/h5-33,49H,1,3H2,2,4H3/b16-6-,34-31+,38-15+,46-43-. The largest absolute Gasteiger partial charge is 0.355 e. The zero-order valence-electron chi connectivity index (χ0n) is 28.6. The fourth-order valence-corrected chi connectivity index (χ4v) is 6.77. The van der Waals surface area contributed by atoms with Gasteiger partial charge < -0.3 is 9.88 Å². The first-order chi connectivity index (χ1) is 24.6. The lowest BCUT2D eigenvalue weighted by molar-refractivity contribution is 1.19. The normalized spacial score (nSPS) is 12.8. The van der Waals surface area contributed by atoms with Gasteiger partial charge in [0.15, 0.2) is 0 Å². The first-order valence-corrected chi connectivity index (χ1v) is 17.0. The second-order valence-electron chi connectivity index (χ2n) is 12.4. The molecule has 0 aliphatic rings. The van der Waals surface area contributed by atoms with Crippen molar-refractivity contribution in [3.05, 3.63) is 212 Å². The lowest BCUT2D eigenvalue weighted by atomic mass is 9.95. The van der Waals surface area contributed by atoms with Crippen LogP contribution in [0.25, 0.3) is 55.0 Å². The topological polar surface area (TPSA) is 17.0 Å². The first-order valence-electron chi connectivity index (χ1n) is 17.0. The molecule has 2 heteroatoms. The molecule has 2 nitrogen and oxygen atoms in total. The van der Waals surface area contributed by atoms with E-state index in [-0.39, 0.29) is 0 Å². The van der Waals surface area contributed by atoms with Crippen molar-refractivity contribution in [2.24, 2.45) is 0 Å². The Balaban J connectivity index is 1.24. The molecular formula is C48H40N2. The van der Waals surface area contributed by atoms with Gasteiger partial charge in [0.2, 0.25) is 0 Å². The van der Waals surface area contributed by atoms with Crippen LogP contribution >= 0.6 is 0 Å². The Morgan fingerprint density at radius 3 is 2.12 bits per heavy atom. The average Bonchev–Trinajstić information content (AvgIpc) is 3.50. The van der Waals surface area contributed by atoms with E-state index >= 15 is 0 Å². The SMILES string of the molecule is C=C\C=C(/C=C(C)/C(/C=C\C)=C(/C=C)Nc1ccccc1)c1ccc(-c2ccc3c(c2)c2ccccc2n3-c2ccc3ccccc3c2)cc1. The van der Waals surface area contributed by atoms with Crippen molar-refractivity contribution >= 4 is 43.8 Å². The number of anilines is 1. The Hall–Kier alpha value is -6.38. The van der Waals surface area contributed by atoms with Crippen LogP contribution in [0, 0.1) is 0 Å². The third kappa shape index (κ3) is 6.40. The predicted octanol–water partition coefficient (Wildman–Crippen LogP) is 13.2. The molecule has 0 atom stereocenters. The number of fused-ring (bicyclic) bond motifs is 4. The molecule has 0 radical (unpaired) electrons. The Bertz CT molecular complexity index is 2480. The van der Waals surface area contributed by atoms with Gasteiger partial charge in [0.25, 0.3) is 0 Å². The second-order valence-corrected chi connectivity index (χ2v) is 12.4. The molecule has 6 aromatic carbocycles. The minimum atomic E-state index is 0.953. The molecule has 0 saturated carbocycles. The second kappa shape index (κ2) is 14.4. The Morgan fingerprint density at radius 1 is 0.660 bits per heavy atom. The monoisotopic (exact) mass is 644 g/mol. The van der Waals surface area contributed by atoms with E-state index in [1.54, 1.807) is 0 Å². The number of nitrogens with zero attached hydrogens (tertiary/aromatic N) is 1. The molecule has 1 heterocycles. The van der Waals surface area contributed by atoms with E-state index in [4.69, 9.17) is 0 Å². The third-order valence-electron chi connectivity index (χ3n) is 9.19. The number of hydrogen-bond acceptors (Lipinski definition) is 1. The van der Waals surface area contributed by atoms with Gasteiger partial charge in [0.05, 0.1) is 11.0 Å². The van der Waals surface area contributed by atoms with E-state index in [0.717, 1.165) is 33.7 Å². The van der Waals surface area contributed by atoms with Crippen LogP contribution < -0.4 is 5.32 Å². The molecule has 7 aromatic rings. The summed E-state index contributed by atoms with van der Waals surface area (Å²) in [6.45, 7) is 12.3. The van der Waals surface area contributed by atoms with Gasteiger partial charge >= 0.3 is 0 Å². The van der Waals surface area contributed by atoms with Crippen LogP contribution in [0.2, 0.25) is 0 Å². The Morgan fingerprint density at radius 2 is 1.36 bits per heavy atom. The highest BCUT2D eigenvalue weighted by atomic mass is 15.0. The van der Waals surface area contributed by atoms with E-state index < -0.39 is 0 Å². The fourth-order valence-electron chi connectivity index (χ4n) is 6.77. The molecule has 0 aliphatic carbocycles. The van der Waals surface area contributed by atoms with Crippen molar-refractivity contribution in [3.63, 3.8) is 0 Å². The van der Waals surface area contributed by atoms with Crippen LogP contribution in [0.15, 0.2) is 206 Å². The quantitative estimate of drug-likeness (QED) is 0.147. The number of rotatable bonds is 10. The molecule has 0 amide bonds. The lowest BCUT2D eigenvalue weighted by Gasteiger charge is -2.14. The van der Waals surface area contributed by atoms with Gasteiger partial charge in [-0.05, 0) is 101 Å². The molecule has 0 spiro atoms. The maximum Gasteiger partial charge on any atom is 0.0541 e.